The number of ether oxygens (including phenoxy) is 4. The summed E-state index contributed by atoms with van der Waals surface area (Å²) in [6, 6.07) is 0. The van der Waals surface area contributed by atoms with E-state index in [0.717, 1.165) is 0 Å². The SMILES string of the molecule is COC(=O)C1=C[C@@H]2C(=O)C(OC)(OC)[C@H]1[C@@H]1OC(C=O)=C[C@@H]12. The highest BCUT2D eigenvalue weighted by Crippen LogP contribution is 2.54. The number of esters is 1. The van der Waals surface area contributed by atoms with E-state index in [2.05, 4.69) is 0 Å². The molecule has 0 N–H and O–H groups in total. The zero-order valence-corrected chi connectivity index (χ0v) is 12.4. The van der Waals surface area contributed by atoms with Crippen LogP contribution in [0.3, 0.4) is 0 Å². The number of hydrogen-bond acceptors (Lipinski definition) is 7. The molecule has 1 aliphatic heterocycles. The van der Waals surface area contributed by atoms with Crippen molar-refractivity contribution in [1.82, 2.24) is 0 Å². The minimum absolute atomic E-state index is 0.153. The molecule has 2 bridgehead atoms. The number of methoxy groups -OCH3 is 3. The van der Waals surface area contributed by atoms with Gasteiger partial charge in [0.15, 0.2) is 17.8 Å². The Morgan fingerprint density at radius 3 is 2.50 bits per heavy atom. The normalized spacial score (nSPS) is 34.4. The standard InChI is InChI=1S/C15H16O7/c1-19-14(18)10-5-9-8-4-7(6-16)22-12(8)11(10)15(20-2,21-3)13(9)17/h4-6,8-9,11-12H,1-3H3/t8-,9+,11-,12-/m1/s1. The highest BCUT2D eigenvalue weighted by molar-refractivity contribution is 6.00. The molecule has 118 valence electrons. The molecule has 0 aromatic rings. The number of rotatable bonds is 4. The lowest BCUT2D eigenvalue weighted by molar-refractivity contribution is -0.256. The maximum atomic E-state index is 12.7. The van der Waals surface area contributed by atoms with Crippen molar-refractivity contribution in [3.8, 4) is 0 Å². The molecule has 0 aromatic carbocycles. The molecule has 3 aliphatic carbocycles. The number of hydrogen-bond donors (Lipinski definition) is 0. The quantitative estimate of drug-likeness (QED) is 0.410. The maximum Gasteiger partial charge on any atom is 0.334 e. The minimum atomic E-state index is -1.61. The minimum Gasteiger partial charge on any atom is -0.486 e. The van der Waals surface area contributed by atoms with Crippen molar-refractivity contribution < 1.29 is 33.3 Å². The molecule has 7 heteroatoms. The fourth-order valence-corrected chi connectivity index (χ4v) is 3.72. The summed E-state index contributed by atoms with van der Waals surface area (Å²) < 4.78 is 21.1. The molecule has 0 amide bonds. The molecule has 0 radical (unpaired) electrons. The lowest BCUT2D eigenvalue weighted by atomic mass is 9.60. The molecule has 4 aliphatic rings. The van der Waals surface area contributed by atoms with E-state index in [-0.39, 0.29) is 23.0 Å². The molecular formula is C15H16O7. The molecule has 1 fully saturated rings. The second kappa shape index (κ2) is 5.03. The molecule has 7 nitrogen and oxygen atoms in total. The Balaban J connectivity index is 2.14. The number of ketones is 1. The zero-order valence-electron chi connectivity index (χ0n) is 12.4. The number of Topliss-reactive ketones (excluding diaryl/α,β-unsaturated/α-hetero) is 1. The van der Waals surface area contributed by atoms with Gasteiger partial charge in [-0.3, -0.25) is 9.59 Å². The molecule has 22 heavy (non-hydrogen) atoms. The van der Waals surface area contributed by atoms with Gasteiger partial charge in [-0.1, -0.05) is 6.08 Å². The van der Waals surface area contributed by atoms with Gasteiger partial charge in [-0.15, -0.1) is 0 Å². The van der Waals surface area contributed by atoms with Gasteiger partial charge in [0, 0.05) is 25.7 Å². The van der Waals surface area contributed by atoms with Gasteiger partial charge in [-0.05, 0) is 6.08 Å². The van der Waals surface area contributed by atoms with Crippen molar-refractivity contribution in [3.63, 3.8) is 0 Å². The summed E-state index contributed by atoms with van der Waals surface area (Å²) in [6.45, 7) is 0. The van der Waals surface area contributed by atoms with Gasteiger partial charge in [0.05, 0.1) is 18.9 Å². The van der Waals surface area contributed by atoms with Crippen molar-refractivity contribution >= 4 is 18.0 Å². The predicted octanol–water partition coefficient (Wildman–Crippen LogP) is 0.00140. The van der Waals surface area contributed by atoms with E-state index in [9.17, 15) is 14.4 Å². The van der Waals surface area contributed by atoms with Gasteiger partial charge in [0.2, 0.25) is 5.79 Å². The van der Waals surface area contributed by atoms with Crippen molar-refractivity contribution in [2.45, 2.75) is 11.9 Å². The fourth-order valence-electron chi connectivity index (χ4n) is 3.72. The van der Waals surface area contributed by atoms with E-state index in [1.54, 1.807) is 12.2 Å². The van der Waals surface area contributed by atoms with Crippen LogP contribution in [-0.4, -0.2) is 51.3 Å². The van der Waals surface area contributed by atoms with Crippen LogP contribution < -0.4 is 0 Å². The third-order valence-electron chi connectivity index (χ3n) is 4.64. The van der Waals surface area contributed by atoms with Crippen LogP contribution in [0.1, 0.15) is 0 Å². The van der Waals surface area contributed by atoms with Gasteiger partial charge in [-0.2, -0.15) is 0 Å². The molecular weight excluding hydrogens is 292 g/mol. The van der Waals surface area contributed by atoms with Crippen LogP contribution in [0.15, 0.2) is 23.5 Å². The van der Waals surface area contributed by atoms with Crippen molar-refractivity contribution in [1.29, 1.82) is 0 Å². The summed E-state index contributed by atoms with van der Waals surface area (Å²) in [5.41, 5.74) is 0.276. The van der Waals surface area contributed by atoms with E-state index < -0.39 is 29.7 Å². The molecule has 4 rings (SSSR count). The fraction of sp³-hybridized carbons (Fsp3) is 0.533. The largest absolute Gasteiger partial charge is 0.486 e. The summed E-state index contributed by atoms with van der Waals surface area (Å²) >= 11 is 0. The number of carbonyl (C=O) groups is 3. The van der Waals surface area contributed by atoms with E-state index in [1.807, 2.05) is 0 Å². The average Bonchev–Trinajstić information content (AvgIpc) is 2.99. The Labute approximate surface area is 126 Å². The Morgan fingerprint density at radius 2 is 1.95 bits per heavy atom. The second-order valence-electron chi connectivity index (χ2n) is 5.40. The smallest absolute Gasteiger partial charge is 0.334 e. The molecule has 0 unspecified atom stereocenters. The van der Waals surface area contributed by atoms with Crippen LogP contribution in [0.25, 0.3) is 0 Å². The third-order valence-corrected chi connectivity index (χ3v) is 4.64. The summed E-state index contributed by atoms with van der Waals surface area (Å²) in [4.78, 5) is 35.8. The van der Waals surface area contributed by atoms with Gasteiger partial charge >= 0.3 is 5.97 Å². The first kappa shape index (κ1) is 14.9. The van der Waals surface area contributed by atoms with Gasteiger partial charge < -0.3 is 18.9 Å². The molecule has 0 aromatic heterocycles. The van der Waals surface area contributed by atoms with E-state index in [1.165, 1.54) is 21.3 Å². The van der Waals surface area contributed by atoms with E-state index >= 15 is 0 Å². The highest BCUT2D eigenvalue weighted by Gasteiger charge is 2.67. The lowest BCUT2D eigenvalue weighted by Gasteiger charge is -2.51. The van der Waals surface area contributed by atoms with E-state index in [0.29, 0.717) is 6.29 Å². The third kappa shape index (κ3) is 1.66. The highest BCUT2D eigenvalue weighted by atomic mass is 16.7. The van der Waals surface area contributed by atoms with Crippen molar-refractivity contribution in [2.75, 3.05) is 21.3 Å². The summed E-state index contributed by atoms with van der Waals surface area (Å²) in [5, 5.41) is 0. The Morgan fingerprint density at radius 1 is 1.27 bits per heavy atom. The van der Waals surface area contributed by atoms with Gasteiger partial charge in [0.1, 0.15) is 6.10 Å². The molecule has 4 atom stereocenters. The maximum absolute atomic E-state index is 12.7. The zero-order chi connectivity index (χ0) is 16.1. The van der Waals surface area contributed by atoms with Crippen LogP contribution in [0.2, 0.25) is 0 Å². The topological polar surface area (TPSA) is 88.1 Å². The van der Waals surface area contributed by atoms with Gasteiger partial charge in [0.25, 0.3) is 0 Å². The van der Waals surface area contributed by atoms with Crippen molar-refractivity contribution in [3.05, 3.63) is 23.5 Å². The van der Waals surface area contributed by atoms with Crippen molar-refractivity contribution in [2.24, 2.45) is 17.8 Å². The summed E-state index contributed by atoms with van der Waals surface area (Å²) in [7, 11) is 3.95. The van der Waals surface area contributed by atoms with Crippen LogP contribution in [0.4, 0.5) is 0 Å². The van der Waals surface area contributed by atoms with Crippen LogP contribution in [-0.2, 0) is 33.3 Å². The monoisotopic (exact) mass is 308 g/mol. The predicted molar refractivity (Wildman–Crippen MR) is 71.3 cm³/mol. The lowest BCUT2D eigenvalue weighted by Crippen LogP contribution is -2.66. The first-order valence-corrected chi connectivity index (χ1v) is 6.82. The Bertz CT molecular complexity index is 599. The van der Waals surface area contributed by atoms with E-state index in [4.69, 9.17) is 18.9 Å². The van der Waals surface area contributed by atoms with Crippen LogP contribution in [0.5, 0.6) is 0 Å². The van der Waals surface area contributed by atoms with Crippen LogP contribution in [0, 0.1) is 17.8 Å². The molecule has 0 saturated heterocycles. The summed E-state index contributed by atoms with van der Waals surface area (Å²) in [5.74, 6) is -4.10. The number of aldehydes is 1. The Hall–Kier alpha value is -1.99. The number of fused-ring (bicyclic) bond motifs is 1. The van der Waals surface area contributed by atoms with Gasteiger partial charge in [-0.25, -0.2) is 4.79 Å². The number of allylic oxidation sites excluding steroid dienone is 2. The van der Waals surface area contributed by atoms with Crippen LogP contribution >= 0.6 is 0 Å². The first-order valence-electron chi connectivity index (χ1n) is 6.82. The summed E-state index contributed by atoms with van der Waals surface area (Å²) in [6.07, 6.45) is 3.19. The Kier molecular flexibility index (Phi) is 3.41. The average molecular weight is 308 g/mol. The molecule has 1 heterocycles. The molecule has 1 saturated carbocycles. The number of carbonyl (C=O) groups excluding carboxylic acids is 3. The second-order valence-corrected chi connectivity index (χ2v) is 5.40. The molecule has 0 spiro atoms. The first-order chi connectivity index (χ1) is 10.5.